The lowest BCUT2D eigenvalue weighted by Crippen LogP contribution is -2.46. The van der Waals surface area contributed by atoms with Crippen molar-refractivity contribution in [2.75, 3.05) is 18.4 Å². The van der Waals surface area contributed by atoms with Crippen molar-refractivity contribution >= 4 is 33.1 Å². The molecule has 3 aromatic rings. The van der Waals surface area contributed by atoms with Crippen LogP contribution in [0, 0.1) is 5.82 Å². The number of amides is 1. The molecule has 1 aliphatic rings. The highest BCUT2D eigenvalue weighted by Crippen LogP contribution is 2.33. The molecule has 1 aromatic heterocycles. The van der Waals surface area contributed by atoms with Crippen LogP contribution in [0.2, 0.25) is 0 Å². The average Bonchev–Trinajstić information content (AvgIpc) is 3.13. The van der Waals surface area contributed by atoms with Crippen LogP contribution in [0.4, 0.5) is 10.1 Å². The van der Waals surface area contributed by atoms with Gasteiger partial charge in [0.25, 0.3) is 0 Å². The molecule has 0 spiro atoms. The number of carbonyl (C=O) groups excluding carboxylic acids is 1. The topological polar surface area (TPSA) is 45.2 Å². The van der Waals surface area contributed by atoms with Gasteiger partial charge in [0.2, 0.25) is 5.91 Å². The maximum atomic E-state index is 13.8. The Balaban J connectivity index is 1.45. The summed E-state index contributed by atoms with van der Waals surface area (Å²) >= 11 is 1.74. The second-order valence-electron chi connectivity index (χ2n) is 7.00. The zero-order chi connectivity index (χ0) is 18.8. The van der Waals surface area contributed by atoms with Gasteiger partial charge in [-0.15, -0.1) is 11.3 Å². The van der Waals surface area contributed by atoms with Gasteiger partial charge in [0.1, 0.15) is 5.82 Å². The molecule has 0 radical (unpaired) electrons. The maximum absolute atomic E-state index is 13.8. The molecule has 1 fully saturated rings. The number of anilines is 1. The first-order valence-corrected chi connectivity index (χ1v) is 10.1. The maximum Gasteiger partial charge on any atom is 0.241 e. The lowest BCUT2D eigenvalue weighted by atomic mass is 9.97. The van der Waals surface area contributed by atoms with Gasteiger partial charge in [0.15, 0.2) is 0 Å². The monoisotopic (exact) mass is 383 g/mol. The molecular formula is C21H22FN3OS. The van der Waals surface area contributed by atoms with Crippen LogP contribution >= 0.6 is 11.3 Å². The molecule has 2 heterocycles. The van der Waals surface area contributed by atoms with E-state index in [4.69, 9.17) is 4.98 Å². The van der Waals surface area contributed by atoms with Crippen LogP contribution in [0.25, 0.3) is 10.2 Å². The lowest BCUT2D eigenvalue weighted by molar-refractivity contribution is -0.121. The van der Waals surface area contributed by atoms with Crippen molar-refractivity contribution < 1.29 is 9.18 Å². The molecule has 1 saturated heterocycles. The van der Waals surface area contributed by atoms with Crippen LogP contribution in [-0.2, 0) is 4.79 Å². The number of halogens is 1. The van der Waals surface area contributed by atoms with Crippen LogP contribution in [-0.4, -0.2) is 34.9 Å². The van der Waals surface area contributed by atoms with Crippen molar-refractivity contribution in [2.45, 2.75) is 31.7 Å². The van der Waals surface area contributed by atoms with Crippen molar-refractivity contribution in [2.24, 2.45) is 0 Å². The fourth-order valence-electron chi connectivity index (χ4n) is 3.59. The zero-order valence-corrected chi connectivity index (χ0v) is 16.0. The van der Waals surface area contributed by atoms with Crippen LogP contribution in [0.5, 0.6) is 0 Å². The Hall–Kier alpha value is -2.31. The Morgan fingerprint density at radius 3 is 2.85 bits per heavy atom. The quantitative estimate of drug-likeness (QED) is 0.714. The molecular weight excluding hydrogens is 361 g/mol. The number of rotatable bonds is 4. The Morgan fingerprint density at radius 2 is 2.04 bits per heavy atom. The molecule has 1 aliphatic heterocycles. The Morgan fingerprint density at radius 1 is 1.26 bits per heavy atom. The van der Waals surface area contributed by atoms with Gasteiger partial charge < -0.3 is 5.32 Å². The number of carbonyl (C=O) groups is 1. The first-order valence-electron chi connectivity index (χ1n) is 9.27. The van der Waals surface area contributed by atoms with Gasteiger partial charge in [-0.1, -0.05) is 24.3 Å². The largest absolute Gasteiger partial charge is 0.322 e. The number of likely N-dealkylation sites (tertiary alicyclic amines) is 1. The highest BCUT2D eigenvalue weighted by Gasteiger charge is 2.30. The summed E-state index contributed by atoms with van der Waals surface area (Å²) in [4.78, 5) is 19.6. The van der Waals surface area contributed by atoms with E-state index >= 15 is 0 Å². The summed E-state index contributed by atoms with van der Waals surface area (Å²) in [5.74, 6) is -0.256. The molecule has 0 unspecified atom stereocenters. The lowest BCUT2D eigenvalue weighted by Gasteiger charge is -2.35. The van der Waals surface area contributed by atoms with Gasteiger partial charge in [-0.2, -0.15) is 0 Å². The number of fused-ring (bicyclic) bond motifs is 1. The van der Waals surface area contributed by atoms with E-state index in [1.54, 1.807) is 29.5 Å². The van der Waals surface area contributed by atoms with E-state index in [9.17, 15) is 9.18 Å². The summed E-state index contributed by atoms with van der Waals surface area (Å²) < 4.78 is 15.0. The summed E-state index contributed by atoms with van der Waals surface area (Å²) in [5, 5.41) is 3.86. The van der Waals surface area contributed by atoms with E-state index in [2.05, 4.69) is 16.3 Å². The predicted molar refractivity (Wildman–Crippen MR) is 108 cm³/mol. The zero-order valence-electron chi connectivity index (χ0n) is 15.2. The van der Waals surface area contributed by atoms with Crippen molar-refractivity contribution in [1.29, 1.82) is 0 Å². The molecule has 2 aromatic carbocycles. The molecule has 0 aliphatic carbocycles. The highest BCUT2D eigenvalue weighted by molar-refractivity contribution is 7.18. The van der Waals surface area contributed by atoms with Gasteiger partial charge in [-0.05, 0) is 50.6 Å². The molecule has 0 saturated carbocycles. The first-order chi connectivity index (χ1) is 13.1. The molecule has 1 amide bonds. The van der Waals surface area contributed by atoms with Crippen LogP contribution in [0.1, 0.15) is 30.7 Å². The summed E-state index contributed by atoms with van der Waals surface area (Å²) in [6, 6.07) is 14.1. The first kappa shape index (κ1) is 18.1. The van der Waals surface area contributed by atoms with Crippen molar-refractivity contribution in [1.82, 2.24) is 9.88 Å². The summed E-state index contributed by atoms with van der Waals surface area (Å²) in [7, 11) is 0. The number of benzene rings is 2. The standard InChI is InChI=1S/C21H22FN3OS/c1-14(20(26)23-17-9-3-2-8-16(17)22)25-12-6-7-15(13-25)21-24-18-10-4-5-11-19(18)27-21/h2-5,8-11,14-15H,6-7,12-13H2,1H3,(H,23,26)/t14-,15+/m1/s1. The number of nitrogens with one attached hydrogen (secondary N) is 1. The number of aromatic nitrogens is 1. The number of thiazole rings is 1. The van der Waals surface area contributed by atoms with E-state index in [0.29, 0.717) is 5.92 Å². The Bertz CT molecular complexity index is 924. The second kappa shape index (κ2) is 7.74. The molecule has 6 heteroatoms. The Labute approximate surface area is 162 Å². The molecule has 27 heavy (non-hydrogen) atoms. The average molecular weight is 383 g/mol. The van der Waals surface area contributed by atoms with E-state index < -0.39 is 5.82 Å². The second-order valence-corrected chi connectivity index (χ2v) is 8.06. The van der Waals surface area contributed by atoms with Gasteiger partial charge in [0, 0.05) is 12.5 Å². The molecule has 1 N–H and O–H groups in total. The smallest absolute Gasteiger partial charge is 0.241 e. The summed E-state index contributed by atoms with van der Waals surface area (Å²) in [6.07, 6.45) is 2.11. The number of hydrogen-bond acceptors (Lipinski definition) is 4. The number of para-hydroxylation sites is 2. The van der Waals surface area contributed by atoms with Gasteiger partial charge in [-0.25, -0.2) is 9.37 Å². The van der Waals surface area contributed by atoms with E-state index in [1.807, 2.05) is 25.1 Å². The van der Waals surface area contributed by atoms with Gasteiger partial charge >= 0.3 is 0 Å². The fraction of sp³-hybridized carbons (Fsp3) is 0.333. The minimum absolute atomic E-state index is 0.176. The molecule has 0 bridgehead atoms. The molecule has 140 valence electrons. The summed E-state index contributed by atoms with van der Waals surface area (Å²) in [5.41, 5.74) is 1.27. The van der Waals surface area contributed by atoms with Gasteiger partial charge in [0.05, 0.1) is 27.0 Å². The van der Waals surface area contributed by atoms with Crippen molar-refractivity contribution in [3.8, 4) is 0 Å². The normalized spacial score (nSPS) is 19.1. The number of nitrogens with zero attached hydrogens (tertiary/aromatic N) is 2. The SMILES string of the molecule is C[C@H](C(=O)Nc1ccccc1F)N1CCC[C@H](c2nc3ccccc3s2)C1. The summed E-state index contributed by atoms with van der Waals surface area (Å²) in [6.45, 7) is 3.55. The predicted octanol–water partition coefficient (Wildman–Crippen LogP) is 4.64. The van der Waals surface area contributed by atoms with Crippen LogP contribution in [0.15, 0.2) is 48.5 Å². The molecule has 4 rings (SSSR count). The minimum Gasteiger partial charge on any atom is -0.322 e. The van der Waals surface area contributed by atoms with Crippen molar-refractivity contribution in [3.63, 3.8) is 0 Å². The fourth-order valence-corrected chi connectivity index (χ4v) is 4.68. The Kier molecular flexibility index (Phi) is 5.18. The van der Waals surface area contributed by atoms with Gasteiger partial charge in [-0.3, -0.25) is 9.69 Å². The highest BCUT2D eigenvalue weighted by atomic mass is 32.1. The molecule has 4 nitrogen and oxygen atoms in total. The van der Waals surface area contributed by atoms with E-state index in [-0.39, 0.29) is 17.6 Å². The van der Waals surface area contributed by atoms with Crippen LogP contribution < -0.4 is 5.32 Å². The number of piperidine rings is 1. The third-order valence-corrected chi connectivity index (χ3v) is 6.37. The third-order valence-electron chi connectivity index (χ3n) is 5.17. The van der Waals surface area contributed by atoms with Crippen LogP contribution in [0.3, 0.4) is 0 Å². The van der Waals surface area contributed by atoms with E-state index in [1.165, 1.54) is 10.8 Å². The molecule has 2 atom stereocenters. The minimum atomic E-state index is -0.413. The number of hydrogen-bond donors (Lipinski definition) is 1. The third kappa shape index (κ3) is 3.87. The van der Waals surface area contributed by atoms with E-state index in [0.717, 1.165) is 36.5 Å². The van der Waals surface area contributed by atoms with Crippen molar-refractivity contribution in [3.05, 3.63) is 59.4 Å².